The number of alkyl halides is 3. The zero-order chi connectivity index (χ0) is 31.7. The number of H-pyrrole nitrogens is 1. The molecule has 0 aliphatic carbocycles. The third-order valence-corrected chi connectivity index (χ3v) is 8.14. The number of carbonyl (C=O) groups is 1. The first-order valence-corrected chi connectivity index (χ1v) is 14.6. The second-order valence-electron chi connectivity index (χ2n) is 11.4. The molecule has 0 unspecified atom stereocenters. The average molecular weight is 616 g/mol. The number of nitrogens with one attached hydrogen (secondary N) is 2. The van der Waals surface area contributed by atoms with Gasteiger partial charge in [0, 0.05) is 29.4 Å². The van der Waals surface area contributed by atoms with Crippen LogP contribution < -0.4 is 15.8 Å². The number of nitrogens with two attached hydrogens (primary N) is 1. The Kier molecular flexibility index (Phi) is 8.15. The van der Waals surface area contributed by atoms with Crippen LogP contribution in [0.2, 0.25) is 0 Å². The SMILES string of the molecule is Cc1ccc(NC(=O)c2ccc(CN3CCC(C)CC3)c(C(F)(F)F)c2)cc1Oc1ccc(-c2[nH]nc3ncnc(N)c23)cc1. The number of likely N-dealkylation sites (tertiary alicyclic amines) is 1. The molecule has 3 aromatic carbocycles. The zero-order valence-electron chi connectivity index (χ0n) is 24.8. The van der Waals surface area contributed by atoms with Crippen molar-refractivity contribution in [1.82, 2.24) is 25.1 Å². The molecule has 6 rings (SSSR count). The summed E-state index contributed by atoms with van der Waals surface area (Å²) < 4.78 is 48.2. The Morgan fingerprint density at radius 3 is 2.56 bits per heavy atom. The maximum absolute atomic E-state index is 14.0. The number of amides is 1. The van der Waals surface area contributed by atoms with Gasteiger partial charge in [-0.2, -0.15) is 18.3 Å². The number of halogens is 3. The van der Waals surface area contributed by atoms with Crippen LogP contribution in [0.3, 0.4) is 0 Å². The topological polar surface area (TPSA) is 122 Å². The summed E-state index contributed by atoms with van der Waals surface area (Å²) in [5.74, 6) is 1.26. The minimum atomic E-state index is -4.58. The second kappa shape index (κ2) is 12.2. The van der Waals surface area contributed by atoms with Crippen molar-refractivity contribution in [2.45, 2.75) is 39.4 Å². The molecule has 5 aromatic rings. The summed E-state index contributed by atoms with van der Waals surface area (Å²) in [5.41, 5.74) is 8.47. The molecular formula is C33H32F3N7O2. The first-order valence-electron chi connectivity index (χ1n) is 14.6. The van der Waals surface area contributed by atoms with E-state index < -0.39 is 17.6 Å². The molecule has 1 fully saturated rings. The lowest BCUT2D eigenvalue weighted by Crippen LogP contribution is -2.33. The van der Waals surface area contributed by atoms with Crippen molar-refractivity contribution in [3.05, 3.63) is 89.2 Å². The number of aromatic amines is 1. The number of rotatable bonds is 7. The van der Waals surface area contributed by atoms with Crippen LogP contribution in [0.5, 0.6) is 11.5 Å². The highest BCUT2D eigenvalue weighted by Gasteiger charge is 2.34. The molecule has 0 atom stereocenters. The Morgan fingerprint density at radius 2 is 1.82 bits per heavy atom. The van der Waals surface area contributed by atoms with E-state index >= 15 is 0 Å². The lowest BCUT2D eigenvalue weighted by atomic mass is 9.97. The Balaban J connectivity index is 1.17. The molecule has 4 N–H and O–H groups in total. The van der Waals surface area contributed by atoms with E-state index in [-0.39, 0.29) is 17.7 Å². The number of piperidine rings is 1. The number of hydrogen-bond acceptors (Lipinski definition) is 7. The van der Waals surface area contributed by atoms with Crippen molar-refractivity contribution >= 4 is 28.4 Å². The van der Waals surface area contributed by atoms with Crippen LogP contribution in [-0.2, 0) is 12.7 Å². The molecule has 9 nitrogen and oxygen atoms in total. The highest BCUT2D eigenvalue weighted by Crippen LogP contribution is 2.35. The molecule has 1 amide bonds. The van der Waals surface area contributed by atoms with Gasteiger partial charge in [-0.25, -0.2) is 9.97 Å². The van der Waals surface area contributed by atoms with Gasteiger partial charge in [-0.3, -0.25) is 14.8 Å². The molecule has 0 bridgehead atoms. The smallest absolute Gasteiger partial charge is 0.416 e. The van der Waals surface area contributed by atoms with E-state index in [0.717, 1.165) is 43.1 Å². The Bertz CT molecular complexity index is 1850. The summed E-state index contributed by atoms with van der Waals surface area (Å²) in [6, 6.07) is 16.1. The predicted molar refractivity (Wildman–Crippen MR) is 166 cm³/mol. The fraction of sp³-hybridized carbons (Fsp3) is 0.273. The van der Waals surface area contributed by atoms with E-state index in [0.29, 0.717) is 45.6 Å². The van der Waals surface area contributed by atoms with Gasteiger partial charge in [0.05, 0.1) is 16.6 Å². The third-order valence-electron chi connectivity index (χ3n) is 8.14. The number of nitrogen functional groups attached to an aromatic ring is 1. The molecule has 0 spiro atoms. The lowest BCUT2D eigenvalue weighted by Gasteiger charge is -2.31. The van der Waals surface area contributed by atoms with Gasteiger partial charge in [0.25, 0.3) is 5.91 Å². The van der Waals surface area contributed by atoms with Crippen LogP contribution in [0.4, 0.5) is 24.7 Å². The van der Waals surface area contributed by atoms with Gasteiger partial charge >= 0.3 is 6.18 Å². The van der Waals surface area contributed by atoms with E-state index in [4.69, 9.17) is 10.5 Å². The maximum Gasteiger partial charge on any atom is 0.416 e. The number of nitrogens with zero attached hydrogens (tertiary/aromatic N) is 4. The highest BCUT2D eigenvalue weighted by molar-refractivity contribution is 6.04. The van der Waals surface area contributed by atoms with Crippen molar-refractivity contribution < 1.29 is 22.7 Å². The zero-order valence-corrected chi connectivity index (χ0v) is 24.8. The van der Waals surface area contributed by atoms with Crippen LogP contribution in [-0.4, -0.2) is 44.1 Å². The summed E-state index contributed by atoms with van der Waals surface area (Å²) >= 11 is 0. The lowest BCUT2D eigenvalue weighted by molar-refractivity contribution is -0.138. The van der Waals surface area contributed by atoms with Crippen molar-refractivity contribution in [2.75, 3.05) is 24.1 Å². The standard InChI is InChI=1S/C33H32F3N7O2/c1-19-11-13-43(14-12-19)17-23-5-4-22(15-26(23)33(34,35)36)32(44)40-24-8-3-20(2)27(16-24)45-25-9-6-21(7-10-25)29-28-30(37)38-18-39-31(28)42-41-29/h3-10,15-16,18-19H,11-14,17H2,1-2H3,(H,40,44)(H3,37,38,39,41,42). The number of fused-ring (bicyclic) bond motifs is 1. The van der Waals surface area contributed by atoms with Crippen LogP contribution in [0.15, 0.2) is 67.0 Å². The van der Waals surface area contributed by atoms with E-state index in [1.807, 2.05) is 24.0 Å². The Morgan fingerprint density at radius 1 is 1.07 bits per heavy atom. The fourth-order valence-corrected chi connectivity index (χ4v) is 5.48. The number of aromatic nitrogens is 4. The minimum absolute atomic E-state index is 0.0747. The number of anilines is 2. The molecule has 232 valence electrons. The number of hydrogen-bond donors (Lipinski definition) is 3. The predicted octanol–water partition coefficient (Wildman–Crippen LogP) is 7.21. The summed E-state index contributed by atoms with van der Waals surface area (Å²) in [4.78, 5) is 23.3. The first kappa shape index (κ1) is 30.1. The van der Waals surface area contributed by atoms with Gasteiger partial charge in [0.2, 0.25) is 0 Å². The molecule has 1 saturated heterocycles. The van der Waals surface area contributed by atoms with Gasteiger partial charge < -0.3 is 15.8 Å². The van der Waals surface area contributed by atoms with Crippen LogP contribution >= 0.6 is 0 Å². The number of ether oxygens (including phenoxy) is 1. The summed E-state index contributed by atoms with van der Waals surface area (Å²) in [6.07, 6.45) is -1.31. The molecule has 45 heavy (non-hydrogen) atoms. The molecule has 0 saturated carbocycles. The van der Waals surface area contributed by atoms with Crippen molar-refractivity contribution in [2.24, 2.45) is 5.92 Å². The Hall–Kier alpha value is -4.97. The second-order valence-corrected chi connectivity index (χ2v) is 11.4. The van der Waals surface area contributed by atoms with Gasteiger partial charge in [-0.1, -0.05) is 19.1 Å². The maximum atomic E-state index is 14.0. The summed E-state index contributed by atoms with van der Waals surface area (Å²) in [5, 5.41) is 10.5. The van der Waals surface area contributed by atoms with Gasteiger partial charge in [0.1, 0.15) is 23.6 Å². The van der Waals surface area contributed by atoms with Gasteiger partial charge in [-0.15, -0.1) is 0 Å². The van der Waals surface area contributed by atoms with Crippen molar-refractivity contribution in [1.29, 1.82) is 0 Å². The van der Waals surface area contributed by atoms with Crippen molar-refractivity contribution in [3.63, 3.8) is 0 Å². The molecule has 0 radical (unpaired) electrons. The van der Waals surface area contributed by atoms with Crippen molar-refractivity contribution in [3.8, 4) is 22.8 Å². The quantitative estimate of drug-likeness (QED) is 0.177. The van der Waals surface area contributed by atoms with E-state index in [1.165, 1.54) is 18.5 Å². The van der Waals surface area contributed by atoms with E-state index in [9.17, 15) is 18.0 Å². The summed E-state index contributed by atoms with van der Waals surface area (Å²) in [7, 11) is 0. The highest BCUT2D eigenvalue weighted by atomic mass is 19.4. The van der Waals surface area contributed by atoms with Gasteiger partial charge in [-0.05, 0) is 92.4 Å². The first-order chi connectivity index (χ1) is 21.5. The molecule has 1 aliphatic heterocycles. The molecular weight excluding hydrogens is 583 g/mol. The van der Waals surface area contributed by atoms with Gasteiger partial charge in [0.15, 0.2) is 5.65 Å². The van der Waals surface area contributed by atoms with Crippen LogP contribution in [0.1, 0.15) is 46.8 Å². The molecule has 12 heteroatoms. The van der Waals surface area contributed by atoms with E-state index in [2.05, 4.69) is 32.4 Å². The minimum Gasteiger partial charge on any atom is -0.457 e. The van der Waals surface area contributed by atoms with Crippen LogP contribution in [0.25, 0.3) is 22.3 Å². The molecule has 1 aliphatic rings. The summed E-state index contributed by atoms with van der Waals surface area (Å²) in [6.45, 7) is 5.73. The van der Waals surface area contributed by atoms with E-state index in [1.54, 1.807) is 30.3 Å². The van der Waals surface area contributed by atoms with Crippen LogP contribution in [0, 0.1) is 12.8 Å². The number of carbonyl (C=O) groups excluding carboxylic acids is 1. The fourth-order valence-electron chi connectivity index (χ4n) is 5.48. The normalized spacial score (nSPS) is 14.5. The average Bonchev–Trinajstić information content (AvgIpc) is 3.46. The number of aryl methyl sites for hydroxylation is 1. The molecule has 3 heterocycles. The molecule has 2 aromatic heterocycles. The third kappa shape index (κ3) is 6.60. The Labute approximate surface area is 257 Å². The number of benzene rings is 3. The monoisotopic (exact) mass is 615 g/mol. The largest absolute Gasteiger partial charge is 0.457 e.